The fourth-order valence-corrected chi connectivity index (χ4v) is 3.30. The van der Waals surface area contributed by atoms with Crippen LogP contribution < -0.4 is 5.63 Å². The Morgan fingerprint density at radius 3 is 2.16 bits per heavy atom. The molecule has 0 bridgehead atoms. The maximum absolute atomic E-state index is 13.6. The van der Waals surface area contributed by atoms with Crippen LogP contribution in [0.25, 0.3) is 11.0 Å². The summed E-state index contributed by atoms with van der Waals surface area (Å²) < 4.78 is 86.5. The monoisotopic (exact) mass is 460 g/mol. The number of fused-ring (bicyclic) bond motifs is 1. The Bertz CT molecular complexity index is 1240. The Morgan fingerprint density at radius 1 is 1.00 bits per heavy atom. The van der Waals surface area contributed by atoms with Crippen LogP contribution in [0.4, 0.5) is 26.3 Å². The summed E-state index contributed by atoms with van der Waals surface area (Å²) in [4.78, 5) is 23.7. The van der Waals surface area contributed by atoms with Gasteiger partial charge in [-0.1, -0.05) is 24.3 Å². The van der Waals surface area contributed by atoms with E-state index in [4.69, 9.17) is 4.42 Å². The number of hydrogen-bond acceptors (Lipinski definition) is 4. The van der Waals surface area contributed by atoms with Crippen LogP contribution >= 0.6 is 0 Å². The zero-order valence-corrected chi connectivity index (χ0v) is 16.1. The maximum Gasteiger partial charge on any atom is 0.406 e. The fourth-order valence-electron chi connectivity index (χ4n) is 3.30. The van der Waals surface area contributed by atoms with Gasteiger partial charge in [0.25, 0.3) is 0 Å². The Kier molecular flexibility index (Phi) is 5.48. The summed E-state index contributed by atoms with van der Waals surface area (Å²) in [6.07, 6.45) is -12.4. The number of para-hydroxylation sites is 1. The topological polar surface area (TPSA) is 87.7 Å². The quantitative estimate of drug-likeness (QED) is 0.414. The van der Waals surface area contributed by atoms with E-state index in [2.05, 4.69) is 0 Å². The molecule has 2 aromatic carbocycles. The summed E-state index contributed by atoms with van der Waals surface area (Å²) in [7, 11) is 0. The third kappa shape index (κ3) is 3.67. The largest absolute Gasteiger partial charge is 0.507 e. The summed E-state index contributed by atoms with van der Waals surface area (Å²) in [5.41, 5.74) is -8.91. The number of alkyl halides is 6. The maximum atomic E-state index is 13.6. The first-order valence-corrected chi connectivity index (χ1v) is 8.92. The Hall–Kier alpha value is -3.50. The molecule has 0 atom stereocenters. The first kappa shape index (κ1) is 23.2. The van der Waals surface area contributed by atoms with Crippen molar-refractivity contribution in [2.45, 2.75) is 31.1 Å². The summed E-state index contributed by atoms with van der Waals surface area (Å²) in [6, 6.07) is 7.83. The number of carboxylic acid groups (broad SMARTS) is 1. The molecule has 3 rings (SSSR count). The number of hydrogen-bond donors (Lipinski definition) is 2. The van der Waals surface area contributed by atoms with E-state index in [1.165, 1.54) is 24.3 Å². The van der Waals surface area contributed by atoms with E-state index in [-0.39, 0.29) is 23.5 Å². The van der Waals surface area contributed by atoms with Gasteiger partial charge in [0.1, 0.15) is 11.3 Å². The molecular weight excluding hydrogens is 446 g/mol. The molecule has 1 aromatic heterocycles. The van der Waals surface area contributed by atoms with Crippen LogP contribution in [0.5, 0.6) is 5.75 Å². The van der Waals surface area contributed by atoms with Gasteiger partial charge in [-0.05, 0) is 36.2 Å². The number of aromatic hydroxyl groups is 1. The molecule has 0 aliphatic heterocycles. The Labute approximate surface area is 175 Å². The molecule has 0 aliphatic carbocycles. The van der Waals surface area contributed by atoms with E-state index in [1.807, 2.05) is 0 Å². The van der Waals surface area contributed by atoms with Gasteiger partial charge in [-0.25, -0.2) is 9.59 Å². The van der Waals surface area contributed by atoms with Crippen molar-refractivity contribution in [1.82, 2.24) is 0 Å². The van der Waals surface area contributed by atoms with Gasteiger partial charge in [0.05, 0.1) is 16.5 Å². The number of carboxylic acids is 1. The standard InChI is InChI=1S/C21H14F6O5/c1-19(20(22,23)24,21(25,26)27)14-9-10(6-7-11(14)17(29)30)8-13-16(28)12-4-2-3-5-15(12)32-18(13)31/h2-7,9,28H,8H2,1H3,(H,29,30). The van der Waals surface area contributed by atoms with Gasteiger partial charge in [0, 0.05) is 6.42 Å². The van der Waals surface area contributed by atoms with Crippen molar-refractivity contribution in [3.63, 3.8) is 0 Å². The number of aromatic carboxylic acids is 1. The van der Waals surface area contributed by atoms with E-state index < -0.39 is 58.2 Å². The first-order valence-electron chi connectivity index (χ1n) is 8.92. The lowest BCUT2D eigenvalue weighted by Gasteiger charge is -2.35. The van der Waals surface area contributed by atoms with E-state index in [9.17, 15) is 46.1 Å². The van der Waals surface area contributed by atoms with Crippen molar-refractivity contribution in [2.24, 2.45) is 0 Å². The Balaban J connectivity index is 2.23. The van der Waals surface area contributed by atoms with Crippen molar-refractivity contribution in [3.8, 4) is 5.75 Å². The molecule has 0 fully saturated rings. The molecule has 0 unspecified atom stereocenters. The van der Waals surface area contributed by atoms with Crippen LogP contribution in [0.3, 0.4) is 0 Å². The smallest absolute Gasteiger partial charge is 0.406 e. The molecule has 0 aliphatic rings. The zero-order valence-electron chi connectivity index (χ0n) is 16.1. The molecule has 0 spiro atoms. The van der Waals surface area contributed by atoms with Gasteiger partial charge in [-0.2, -0.15) is 26.3 Å². The number of carbonyl (C=O) groups is 1. The van der Waals surface area contributed by atoms with Crippen molar-refractivity contribution in [1.29, 1.82) is 0 Å². The summed E-state index contributed by atoms with van der Waals surface area (Å²) in [6.45, 7) is -0.152. The summed E-state index contributed by atoms with van der Waals surface area (Å²) >= 11 is 0. The van der Waals surface area contributed by atoms with Gasteiger partial charge < -0.3 is 14.6 Å². The minimum absolute atomic E-state index is 0.0300. The number of benzene rings is 2. The molecule has 1 heterocycles. The van der Waals surface area contributed by atoms with Crippen LogP contribution in [-0.2, 0) is 11.8 Å². The zero-order chi connectivity index (χ0) is 24.1. The molecule has 0 saturated carbocycles. The number of rotatable bonds is 4. The van der Waals surface area contributed by atoms with Crippen LogP contribution in [0, 0.1) is 0 Å². The molecule has 11 heteroatoms. The average molecular weight is 460 g/mol. The lowest BCUT2D eigenvalue weighted by atomic mass is 9.77. The highest BCUT2D eigenvalue weighted by molar-refractivity contribution is 5.90. The molecule has 3 aromatic rings. The van der Waals surface area contributed by atoms with E-state index in [0.717, 1.165) is 6.07 Å². The molecule has 32 heavy (non-hydrogen) atoms. The predicted molar refractivity (Wildman–Crippen MR) is 99.8 cm³/mol. The van der Waals surface area contributed by atoms with Crippen LogP contribution in [0.15, 0.2) is 51.7 Å². The Morgan fingerprint density at radius 2 is 1.59 bits per heavy atom. The second kappa shape index (κ2) is 7.57. The average Bonchev–Trinajstić information content (AvgIpc) is 2.68. The minimum atomic E-state index is -5.88. The van der Waals surface area contributed by atoms with E-state index in [1.54, 1.807) is 0 Å². The van der Waals surface area contributed by atoms with Crippen molar-refractivity contribution in [2.75, 3.05) is 0 Å². The summed E-state index contributed by atoms with van der Waals surface area (Å²) in [5.74, 6) is -2.53. The number of halogens is 6. The molecule has 0 radical (unpaired) electrons. The van der Waals surface area contributed by atoms with Gasteiger partial charge in [-0.15, -0.1) is 0 Å². The third-order valence-electron chi connectivity index (χ3n) is 5.24. The summed E-state index contributed by atoms with van der Waals surface area (Å²) in [5, 5.41) is 19.7. The van der Waals surface area contributed by atoms with E-state index >= 15 is 0 Å². The lowest BCUT2D eigenvalue weighted by molar-refractivity contribution is -0.297. The van der Waals surface area contributed by atoms with Gasteiger partial charge in [0.2, 0.25) is 0 Å². The SMILES string of the molecule is CC(c1cc(Cc2c(O)c3ccccc3oc2=O)ccc1C(=O)O)(C(F)(F)F)C(F)(F)F. The van der Waals surface area contributed by atoms with Crippen LogP contribution in [0.2, 0.25) is 0 Å². The second-order valence-corrected chi connectivity index (χ2v) is 7.20. The molecule has 170 valence electrons. The highest BCUT2D eigenvalue weighted by atomic mass is 19.4. The molecular formula is C21H14F6O5. The second-order valence-electron chi connectivity index (χ2n) is 7.20. The van der Waals surface area contributed by atoms with Gasteiger partial charge in [0.15, 0.2) is 5.41 Å². The first-order chi connectivity index (χ1) is 14.7. The molecule has 0 saturated heterocycles. The van der Waals surface area contributed by atoms with Crippen molar-refractivity contribution < 1.29 is 45.8 Å². The van der Waals surface area contributed by atoms with Crippen molar-refractivity contribution in [3.05, 3.63) is 75.1 Å². The molecule has 2 N–H and O–H groups in total. The highest BCUT2D eigenvalue weighted by Crippen LogP contribution is 2.52. The molecule has 0 amide bonds. The minimum Gasteiger partial charge on any atom is -0.507 e. The lowest BCUT2D eigenvalue weighted by Crippen LogP contribution is -2.52. The fraction of sp³-hybridized carbons (Fsp3) is 0.238. The van der Waals surface area contributed by atoms with Crippen LogP contribution in [-0.4, -0.2) is 28.5 Å². The normalized spacial score (nSPS) is 12.8. The van der Waals surface area contributed by atoms with Gasteiger partial charge in [-0.3, -0.25) is 0 Å². The van der Waals surface area contributed by atoms with Crippen LogP contribution in [0.1, 0.15) is 34.0 Å². The molecule has 5 nitrogen and oxygen atoms in total. The van der Waals surface area contributed by atoms with E-state index in [0.29, 0.717) is 12.1 Å². The predicted octanol–water partition coefficient (Wildman–Crippen LogP) is 5.17. The van der Waals surface area contributed by atoms with Crippen molar-refractivity contribution >= 4 is 16.9 Å². The highest BCUT2D eigenvalue weighted by Gasteiger charge is 2.69. The van der Waals surface area contributed by atoms with Gasteiger partial charge >= 0.3 is 23.9 Å². The third-order valence-corrected chi connectivity index (χ3v) is 5.24.